The lowest BCUT2D eigenvalue weighted by Crippen LogP contribution is -2.21. The summed E-state index contributed by atoms with van der Waals surface area (Å²) in [4.78, 5) is 0. The first-order valence-corrected chi connectivity index (χ1v) is 6.00. The van der Waals surface area contributed by atoms with Crippen LogP contribution >= 0.6 is 0 Å². The minimum absolute atomic E-state index is 0.600. The van der Waals surface area contributed by atoms with E-state index in [-0.39, 0.29) is 0 Å². The summed E-state index contributed by atoms with van der Waals surface area (Å²) in [6.07, 6.45) is 3.71. The zero-order chi connectivity index (χ0) is 11.2. The van der Waals surface area contributed by atoms with Gasteiger partial charge in [0.05, 0.1) is 7.11 Å². The van der Waals surface area contributed by atoms with Gasteiger partial charge in [0, 0.05) is 11.7 Å². The molecule has 0 amide bonds. The van der Waals surface area contributed by atoms with Crippen molar-refractivity contribution >= 4 is 5.69 Å². The molecule has 0 spiro atoms. The predicted molar refractivity (Wildman–Crippen MR) is 67.1 cm³/mol. The second-order valence-electron chi connectivity index (χ2n) is 4.25. The molecule has 16 heavy (non-hydrogen) atoms. The van der Waals surface area contributed by atoms with Gasteiger partial charge in [-0.2, -0.15) is 0 Å². The van der Waals surface area contributed by atoms with Gasteiger partial charge in [-0.1, -0.05) is 0 Å². The Labute approximate surface area is 97.2 Å². The number of hydrogen-bond acceptors (Lipinski definition) is 3. The van der Waals surface area contributed by atoms with E-state index in [1.807, 2.05) is 12.1 Å². The van der Waals surface area contributed by atoms with Crippen molar-refractivity contribution in [1.29, 1.82) is 0 Å². The lowest BCUT2D eigenvalue weighted by atomic mass is 10.1. The molecular formula is C13H20N2O. The summed E-state index contributed by atoms with van der Waals surface area (Å²) in [6.45, 7) is 2.27. The fourth-order valence-electron chi connectivity index (χ4n) is 2.09. The summed E-state index contributed by atoms with van der Waals surface area (Å²) in [6, 6.07) is 8.76. The molecule has 0 bridgehead atoms. The van der Waals surface area contributed by atoms with E-state index in [9.17, 15) is 0 Å². The summed E-state index contributed by atoms with van der Waals surface area (Å²) in [7, 11) is 1.69. The molecule has 2 rings (SSSR count). The van der Waals surface area contributed by atoms with Gasteiger partial charge in [-0.05, 0) is 56.6 Å². The van der Waals surface area contributed by atoms with E-state index in [1.165, 1.54) is 24.9 Å². The third-order valence-corrected chi connectivity index (χ3v) is 3.04. The molecule has 1 fully saturated rings. The Hall–Kier alpha value is -1.22. The van der Waals surface area contributed by atoms with Crippen LogP contribution in [0.2, 0.25) is 0 Å². The van der Waals surface area contributed by atoms with E-state index < -0.39 is 0 Å². The average molecular weight is 220 g/mol. The number of ether oxygens (including phenoxy) is 1. The van der Waals surface area contributed by atoms with E-state index in [2.05, 4.69) is 22.8 Å². The van der Waals surface area contributed by atoms with Gasteiger partial charge >= 0.3 is 0 Å². The number of rotatable bonds is 3. The van der Waals surface area contributed by atoms with Gasteiger partial charge in [0.2, 0.25) is 0 Å². The molecule has 1 saturated heterocycles. The van der Waals surface area contributed by atoms with Crippen molar-refractivity contribution in [3.63, 3.8) is 0 Å². The summed E-state index contributed by atoms with van der Waals surface area (Å²) in [5, 5.41) is 7.00. The van der Waals surface area contributed by atoms with Gasteiger partial charge in [-0.15, -0.1) is 0 Å². The Morgan fingerprint density at radius 1 is 1.19 bits per heavy atom. The number of hydrogen-bond donors (Lipinski definition) is 2. The first-order valence-electron chi connectivity index (χ1n) is 6.00. The van der Waals surface area contributed by atoms with Gasteiger partial charge in [0.25, 0.3) is 0 Å². The van der Waals surface area contributed by atoms with Crippen molar-refractivity contribution in [3.8, 4) is 5.75 Å². The molecule has 1 aliphatic heterocycles. The molecule has 0 saturated carbocycles. The van der Waals surface area contributed by atoms with Crippen LogP contribution in [0, 0.1) is 0 Å². The van der Waals surface area contributed by atoms with Crippen LogP contribution in [0.25, 0.3) is 0 Å². The highest BCUT2D eigenvalue weighted by atomic mass is 16.5. The zero-order valence-corrected chi connectivity index (χ0v) is 9.83. The SMILES string of the molecule is COc1ccc(NC2CCCNCC2)cc1. The van der Waals surface area contributed by atoms with E-state index in [0.29, 0.717) is 6.04 Å². The van der Waals surface area contributed by atoms with E-state index in [1.54, 1.807) is 7.11 Å². The van der Waals surface area contributed by atoms with Gasteiger partial charge in [-0.3, -0.25) is 0 Å². The van der Waals surface area contributed by atoms with Crippen LogP contribution < -0.4 is 15.4 Å². The Bertz CT molecular complexity index is 302. The lowest BCUT2D eigenvalue weighted by molar-refractivity contribution is 0.415. The van der Waals surface area contributed by atoms with E-state index in [4.69, 9.17) is 4.74 Å². The van der Waals surface area contributed by atoms with Crippen LogP contribution in [-0.4, -0.2) is 26.2 Å². The standard InChI is InChI=1S/C13H20N2O/c1-16-13-6-4-12(5-7-13)15-11-3-2-9-14-10-8-11/h4-7,11,14-15H,2-3,8-10H2,1H3. The van der Waals surface area contributed by atoms with Crippen LogP contribution in [0.3, 0.4) is 0 Å². The first kappa shape index (κ1) is 11.3. The highest BCUT2D eigenvalue weighted by molar-refractivity contribution is 5.47. The second kappa shape index (κ2) is 5.75. The molecule has 3 heteroatoms. The minimum atomic E-state index is 0.600. The summed E-state index contributed by atoms with van der Waals surface area (Å²) >= 11 is 0. The highest BCUT2D eigenvalue weighted by Gasteiger charge is 2.11. The third-order valence-electron chi connectivity index (χ3n) is 3.04. The molecule has 1 unspecified atom stereocenters. The Morgan fingerprint density at radius 2 is 2.00 bits per heavy atom. The van der Waals surface area contributed by atoms with Gasteiger partial charge < -0.3 is 15.4 Å². The second-order valence-corrected chi connectivity index (χ2v) is 4.25. The monoisotopic (exact) mass is 220 g/mol. The molecule has 1 heterocycles. The third kappa shape index (κ3) is 3.14. The maximum atomic E-state index is 5.14. The molecule has 1 aliphatic rings. The maximum Gasteiger partial charge on any atom is 0.119 e. The fraction of sp³-hybridized carbons (Fsp3) is 0.538. The molecule has 88 valence electrons. The molecule has 0 radical (unpaired) electrons. The number of anilines is 1. The summed E-state index contributed by atoms with van der Waals surface area (Å²) in [5.41, 5.74) is 1.19. The van der Waals surface area contributed by atoms with E-state index >= 15 is 0 Å². The number of methoxy groups -OCH3 is 1. The quantitative estimate of drug-likeness (QED) is 0.819. The Kier molecular flexibility index (Phi) is 4.05. The Morgan fingerprint density at radius 3 is 2.75 bits per heavy atom. The molecule has 1 atom stereocenters. The smallest absolute Gasteiger partial charge is 0.119 e. The number of nitrogens with one attached hydrogen (secondary N) is 2. The molecule has 1 aromatic rings. The van der Waals surface area contributed by atoms with Crippen LogP contribution in [0.15, 0.2) is 24.3 Å². The van der Waals surface area contributed by atoms with Crippen LogP contribution in [-0.2, 0) is 0 Å². The molecule has 0 aliphatic carbocycles. The summed E-state index contributed by atoms with van der Waals surface area (Å²) < 4.78 is 5.14. The molecular weight excluding hydrogens is 200 g/mol. The van der Waals surface area contributed by atoms with Crippen LogP contribution in [0.4, 0.5) is 5.69 Å². The average Bonchev–Trinajstić information content (AvgIpc) is 2.59. The van der Waals surface area contributed by atoms with Crippen molar-refractivity contribution in [1.82, 2.24) is 5.32 Å². The van der Waals surface area contributed by atoms with Crippen molar-refractivity contribution in [2.45, 2.75) is 25.3 Å². The molecule has 1 aromatic carbocycles. The van der Waals surface area contributed by atoms with Gasteiger partial charge in [0.1, 0.15) is 5.75 Å². The molecule has 2 N–H and O–H groups in total. The Balaban J connectivity index is 1.91. The normalized spacial score (nSPS) is 21.2. The molecule has 3 nitrogen and oxygen atoms in total. The highest BCUT2D eigenvalue weighted by Crippen LogP contribution is 2.18. The predicted octanol–water partition coefficient (Wildman–Crippen LogP) is 2.25. The first-order chi connectivity index (χ1) is 7.88. The maximum absolute atomic E-state index is 5.14. The minimum Gasteiger partial charge on any atom is -0.497 e. The van der Waals surface area contributed by atoms with E-state index in [0.717, 1.165) is 18.8 Å². The molecule has 0 aromatic heterocycles. The van der Waals surface area contributed by atoms with Crippen molar-refractivity contribution in [2.24, 2.45) is 0 Å². The topological polar surface area (TPSA) is 33.3 Å². The van der Waals surface area contributed by atoms with Crippen molar-refractivity contribution in [3.05, 3.63) is 24.3 Å². The number of benzene rings is 1. The largest absolute Gasteiger partial charge is 0.497 e. The zero-order valence-electron chi connectivity index (χ0n) is 9.83. The van der Waals surface area contributed by atoms with Crippen molar-refractivity contribution in [2.75, 3.05) is 25.5 Å². The fourth-order valence-corrected chi connectivity index (χ4v) is 2.09. The van der Waals surface area contributed by atoms with Crippen LogP contribution in [0.1, 0.15) is 19.3 Å². The summed E-state index contributed by atoms with van der Waals surface area (Å²) in [5.74, 6) is 0.910. The van der Waals surface area contributed by atoms with Crippen LogP contribution in [0.5, 0.6) is 5.75 Å². The van der Waals surface area contributed by atoms with Gasteiger partial charge in [0.15, 0.2) is 0 Å². The van der Waals surface area contributed by atoms with Gasteiger partial charge in [-0.25, -0.2) is 0 Å². The lowest BCUT2D eigenvalue weighted by Gasteiger charge is -2.17. The van der Waals surface area contributed by atoms with Crippen molar-refractivity contribution < 1.29 is 4.74 Å².